The number of benzene rings is 2. The van der Waals surface area contributed by atoms with Crippen molar-refractivity contribution < 1.29 is 4.74 Å². The first kappa shape index (κ1) is 27.5. The lowest BCUT2D eigenvalue weighted by Gasteiger charge is -2.31. The summed E-state index contributed by atoms with van der Waals surface area (Å²) in [4.78, 5) is 28.2. The van der Waals surface area contributed by atoms with Crippen LogP contribution in [0.4, 0.5) is 0 Å². The maximum Gasteiger partial charge on any atom is 0.275 e. The largest absolute Gasteiger partial charge is 0.373 e. The summed E-state index contributed by atoms with van der Waals surface area (Å²) in [5.41, 5.74) is 3.78. The number of aryl methyl sites for hydroxylation is 2. The summed E-state index contributed by atoms with van der Waals surface area (Å²) < 4.78 is 9.57. The van der Waals surface area contributed by atoms with Gasteiger partial charge in [-0.05, 0) is 44.5 Å². The summed E-state index contributed by atoms with van der Waals surface area (Å²) in [6, 6.07) is 19.0. The molecule has 0 saturated carbocycles. The molecule has 2 heterocycles. The quantitative estimate of drug-likeness (QED) is 0.226. The zero-order valence-electron chi connectivity index (χ0n) is 23.5. The number of nitrogens with zero attached hydrogens (tertiary/aromatic N) is 2. The van der Waals surface area contributed by atoms with Gasteiger partial charge in [0.05, 0.1) is 17.5 Å². The molecule has 2 aromatic heterocycles. The van der Waals surface area contributed by atoms with Crippen LogP contribution in [-0.4, -0.2) is 32.3 Å². The Kier molecular flexibility index (Phi) is 8.51. The molecule has 40 heavy (non-hydrogen) atoms. The van der Waals surface area contributed by atoms with Crippen LogP contribution in [0.1, 0.15) is 61.0 Å². The normalized spacial score (nSPS) is 16.7. The van der Waals surface area contributed by atoms with Gasteiger partial charge in [-0.15, -0.1) is 0 Å². The second-order valence-corrected chi connectivity index (χ2v) is 10.5. The molecule has 0 saturated heterocycles. The van der Waals surface area contributed by atoms with E-state index in [0.29, 0.717) is 17.7 Å². The van der Waals surface area contributed by atoms with Crippen molar-refractivity contribution in [3.05, 3.63) is 128 Å². The van der Waals surface area contributed by atoms with E-state index in [1.807, 2.05) is 92.7 Å². The molecule has 2 atom stereocenters. The van der Waals surface area contributed by atoms with Gasteiger partial charge in [0.25, 0.3) is 11.1 Å². The Hall–Kier alpha value is -4.10. The van der Waals surface area contributed by atoms with Crippen LogP contribution in [0.25, 0.3) is 11.4 Å². The Labute approximate surface area is 234 Å². The predicted molar refractivity (Wildman–Crippen MR) is 160 cm³/mol. The number of aromatic nitrogens is 4. The van der Waals surface area contributed by atoms with Gasteiger partial charge >= 0.3 is 0 Å². The van der Waals surface area contributed by atoms with Gasteiger partial charge in [-0.1, -0.05) is 86.9 Å². The van der Waals surface area contributed by atoms with Crippen molar-refractivity contribution in [2.75, 3.05) is 6.61 Å². The summed E-state index contributed by atoms with van der Waals surface area (Å²) >= 11 is 0. The predicted octanol–water partition coefficient (Wildman–Crippen LogP) is 6.10. The van der Waals surface area contributed by atoms with Gasteiger partial charge < -0.3 is 4.74 Å². The molecule has 0 fully saturated rings. The molecule has 1 aliphatic rings. The van der Waals surface area contributed by atoms with Crippen LogP contribution in [0.15, 0.2) is 94.6 Å². The van der Waals surface area contributed by atoms with Crippen molar-refractivity contribution >= 4 is 0 Å². The minimum Gasteiger partial charge on any atom is -0.373 e. The van der Waals surface area contributed by atoms with Gasteiger partial charge in [0.15, 0.2) is 0 Å². The van der Waals surface area contributed by atoms with Crippen molar-refractivity contribution in [2.24, 2.45) is 5.92 Å². The highest BCUT2D eigenvalue weighted by molar-refractivity contribution is 5.43. The third-order valence-electron chi connectivity index (χ3n) is 7.70. The van der Waals surface area contributed by atoms with E-state index < -0.39 is 5.92 Å². The zero-order valence-corrected chi connectivity index (χ0v) is 23.5. The summed E-state index contributed by atoms with van der Waals surface area (Å²) in [5, 5.41) is 6.56. The first-order valence-electron chi connectivity index (χ1n) is 14.2. The minimum atomic E-state index is -0.524. The maximum atomic E-state index is 14.1. The third kappa shape index (κ3) is 5.47. The molecule has 0 spiro atoms. The van der Waals surface area contributed by atoms with Crippen LogP contribution in [-0.2, 0) is 4.74 Å². The van der Waals surface area contributed by atoms with E-state index >= 15 is 0 Å². The van der Waals surface area contributed by atoms with Crippen molar-refractivity contribution in [1.29, 1.82) is 0 Å². The number of hydrogen-bond donors (Lipinski definition) is 2. The van der Waals surface area contributed by atoms with Gasteiger partial charge in [-0.3, -0.25) is 19.8 Å². The average molecular weight is 539 g/mol. The zero-order chi connectivity index (χ0) is 28.1. The fourth-order valence-corrected chi connectivity index (χ4v) is 5.72. The number of para-hydroxylation sites is 2. The molecule has 0 amide bonds. The molecule has 0 aliphatic heterocycles. The number of nitrogens with one attached hydrogen (secondary N) is 2. The Bertz CT molecular complexity index is 1490. The number of allylic oxidation sites excluding steroid dienone is 2. The Morgan fingerprint density at radius 3 is 1.80 bits per heavy atom. The van der Waals surface area contributed by atoms with Crippen molar-refractivity contribution in [3.8, 4) is 11.4 Å². The second-order valence-electron chi connectivity index (χ2n) is 10.5. The van der Waals surface area contributed by atoms with Crippen LogP contribution in [0.2, 0.25) is 0 Å². The average Bonchev–Trinajstić information content (AvgIpc) is 3.44. The first-order valence-corrected chi connectivity index (χ1v) is 14.2. The van der Waals surface area contributed by atoms with Crippen molar-refractivity contribution in [3.63, 3.8) is 0 Å². The molecule has 2 aromatic carbocycles. The molecule has 5 rings (SSSR count). The lowest BCUT2D eigenvalue weighted by atomic mass is 9.76. The van der Waals surface area contributed by atoms with E-state index in [4.69, 9.17) is 4.74 Å². The molecule has 1 aliphatic carbocycles. The molecule has 0 radical (unpaired) electrons. The summed E-state index contributed by atoms with van der Waals surface area (Å²) in [6.07, 6.45) is 12.3. The highest BCUT2D eigenvalue weighted by Gasteiger charge is 2.38. The van der Waals surface area contributed by atoms with Crippen LogP contribution in [0.5, 0.6) is 0 Å². The maximum absolute atomic E-state index is 14.1. The van der Waals surface area contributed by atoms with E-state index in [0.717, 1.165) is 42.0 Å². The van der Waals surface area contributed by atoms with Crippen molar-refractivity contribution in [1.82, 2.24) is 19.6 Å². The summed E-state index contributed by atoms with van der Waals surface area (Å²) in [5.74, 6) is -0.765. The lowest BCUT2D eigenvalue weighted by molar-refractivity contribution is 0.0498. The topological polar surface area (TPSA) is 84.8 Å². The molecule has 7 nitrogen and oxygen atoms in total. The molecule has 0 unspecified atom stereocenters. The van der Waals surface area contributed by atoms with E-state index in [1.165, 1.54) is 6.42 Å². The van der Waals surface area contributed by atoms with Gasteiger partial charge in [0, 0.05) is 41.0 Å². The molecule has 208 valence electrons. The lowest BCUT2D eigenvalue weighted by Crippen LogP contribution is -2.34. The Balaban J connectivity index is 1.64. The summed E-state index contributed by atoms with van der Waals surface area (Å²) in [7, 11) is 0. The Morgan fingerprint density at radius 1 is 0.750 bits per heavy atom. The van der Waals surface area contributed by atoms with E-state index in [-0.39, 0.29) is 23.1 Å². The van der Waals surface area contributed by atoms with Gasteiger partial charge in [0.2, 0.25) is 0 Å². The van der Waals surface area contributed by atoms with Crippen molar-refractivity contribution in [2.45, 2.75) is 58.5 Å². The number of ether oxygens (including phenoxy) is 1. The van der Waals surface area contributed by atoms with E-state index in [9.17, 15) is 9.59 Å². The molecule has 0 bridgehead atoms. The first-order chi connectivity index (χ1) is 19.5. The molecule has 7 heteroatoms. The highest BCUT2D eigenvalue weighted by atomic mass is 16.5. The third-order valence-corrected chi connectivity index (χ3v) is 7.70. The monoisotopic (exact) mass is 538 g/mol. The summed E-state index contributed by atoms with van der Waals surface area (Å²) in [6.45, 7) is 6.64. The highest BCUT2D eigenvalue weighted by Crippen LogP contribution is 2.38. The SMILES string of the molecule is CCCCCCO[C@H]1C=CC=C[C@H]1C(c1c(C)[nH]n(-c2ccccc2)c1=O)c1c(C)[nH]n(-c2ccccc2)c1=O. The van der Waals surface area contributed by atoms with Crippen LogP contribution in [0, 0.1) is 19.8 Å². The standard InChI is InChI=1S/C33H38N4O3/c1-4-5-6-15-22-40-28-21-14-13-20-27(28)31(29-23(2)34-36(32(29)38)25-16-9-7-10-17-25)30-24(3)35-37(33(30)39)26-18-11-8-12-19-26/h7-14,16-21,27-28,31,34-35H,4-6,15,22H2,1-3H3/t27-,28+/m1/s1. The molecule has 2 N–H and O–H groups in total. The fraction of sp³-hybridized carbons (Fsp3) is 0.333. The van der Waals surface area contributed by atoms with Crippen LogP contribution < -0.4 is 11.1 Å². The van der Waals surface area contributed by atoms with Gasteiger partial charge in [-0.25, -0.2) is 9.36 Å². The Morgan fingerprint density at radius 2 is 1.27 bits per heavy atom. The molecule has 4 aromatic rings. The fourth-order valence-electron chi connectivity index (χ4n) is 5.72. The number of aromatic amines is 2. The second kappa shape index (κ2) is 12.4. The van der Waals surface area contributed by atoms with Crippen LogP contribution >= 0.6 is 0 Å². The van der Waals surface area contributed by atoms with Gasteiger partial charge in [-0.2, -0.15) is 0 Å². The van der Waals surface area contributed by atoms with E-state index in [1.54, 1.807) is 9.36 Å². The van der Waals surface area contributed by atoms with Gasteiger partial charge in [0.1, 0.15) is 0 Å². The number of H-pyrrole nitrogens is 2. The van der Waals surface area contributed by atoms with Crippen LogP contribution in [0.3, 0.4) is 0 Å². The molecular weight excluding hydrogens is 500 g/mol. The molecular formula is C33H38N4O3. The minimum absolute atomic E-state index is 0.162. The number of unbranched alkanes of at least 4 members (excludes halogenated alkanes) is 3. The number of rotatable bonds is 11. The smallest absolute Gasteiger partial charge is 0.275 e. The number of hydrogen-bond acceptors (Lipinski definition) is 3. The van der Waals surface area contributed by atoms with E-state index in [2.05, 4.69) is 23.2 Å².